The summed E-state index contributed by atoms with van der Waals surface area (Å²) in [6, 6.07) is 5.00. The second kappa shape index (κ2) is 7.76. The first-order chi connectivity index (χ1) is 10.1. The Bertz CT molecular complexity index is 433. The maximum Gasteiger partial charge on any atom is 0.0562 e. The highest BCUT2D eigenvalue weighted by molar-refractivity contribution is 5.47. The molecule has 1 N–H and O–H groups in total. The third kappa shape index (κ3) is 4.68. The van der Waals surface area contributed by atoms with Gasteiger partial charge in [0.2, 0.25) is 0 Å². The average Bonchev–Trinajstić information content (AvgIpc) is 2.47. The standard InChI is InChI=1S/C17H30N4/c1-5-20-8-9-21(13-15(20)4)17-6-7-19-16(10-17)12-18-11-14(2)3/h6-7,10,14-15,18H,5,8-9,11-13H2,1-4H3. The van der Waals surface area contributed by atoms with Gasteiger partial charge in [0.1, 0.15) is 0 Å². The van der Waals surface area contributed by atoms with Gasteiger partial charge in [0.05, 0.1) is 5.69 Å². The van der Waals surface area contributed by atoms with Gasteiger partial charge in [-0.1, -0.05) is 20.8 Å². The van der Waals surface area contributed by atoms with Crippen LogP contribution in [-0.4, -0.2) is 48.6 Å². The third-order valence-corrected chi connectivity index (χ3v) is 4.20. The molecule has 0 aliphatic carbocycles. The van der Waals surface area contributed by atoms with Gasteiger partial charge in [0.25, 0.3) is 0 Å². The summed E-state index contributed by atoms with van der Waals surface area (Å²) in [6.45, 7) is 15.4. The largest absolute Gasteiger partial charge is 0.369 e. The zero-order valence-electron chi connectivity index (χ0n) is 14.0. The van der Waals surface area contributed by atoms with E-state index in [1.807, 2.05) is 6.20 Å². The summed E-state index contributed by atoms with van der Waals surface area (Å²) >= 11 is 0. The van der Waals surface area contributed by atoms with E-state index in [-0.39, 0.29) is 0 Å². The molecule has 0 spiro atoms. The average molecular weight is 290 g/mol. The van der Waals surface area contributed by atoms with Crippen molar-refractivity contribution in [2.24, 2.45) is 5.92 Å². The predicted octanol–water partition coefficient (Wildman–Crippen LogP) is 2.36. The van der Waals surface area contributed by atoms with Gasteiger partial charge in [0, 0.05) is 44.1 Å². The molecule has 0 radical (unpaired) electrons. The number of hydrogen-bond acceptors (Lipinski definition) is 4. The van der Waals surface area contributed by atoms with E-state index < -0.39 is 0 Å². The molecule has 0 amide bonds. The first-order valence-corrected chi connectivity index (χ1v) is 8.24. The normalized spacial score (nSPS) is 20.2. The summed E-state index contributed by atoms with van der Waals surface area (Å²) in [4.78, 5) is 9.52. The molecule has 1 atom stereocenters. The van der Waals surface area contributed by atoms with Gasteiger partial charge in [-0.25, -0.2) is 0 Å². The highest BCUT2D eigenvalue weighted by Gasteiger charge is 2.22. The zero-order valence-corrected chi connectivity index (χ0v) is 14.0. The van der Waals surface area contributed by atoms with Crippen molar-refractivity contribution in [2.75, 3.05) is 37.6 Å². The lowest BCUT2D eigenvalue weighted by atomic mass is 10.1. The summed E-state index contributed by atoms with van der Waals surface area (Å²) in [5, 5.41) is 3.47. The van der Waals surface area contributed by atoms with Crippen LogP contribution in [0.4, 0.5) is 5.69 Å². The Kier molecular flexibility index (Phi) is 6.00. The number of likely N-dealkylation sites (N-methyl/N-ethyl adjacent to an activating group) is 1. The van der Waals surface area contributed by atoms with Crippen LogP contribution in [0.2, 0.25) is 0 Å². The van der Waals surface area contributed by atoms with E-state index >= 15 is 0 Å². The lowest BCUT2D eigenvalue weighted by Crippen LogP contribution is -2.51. The minimum absolute atomic E-state index is 0.624. The van der Waals surface area contributed by atoms with Crippen LogP contribution in [0.3, 0.4) is 0 Å². The van der Waals surface area contributed by atoms with Crippen molar-refractivity contribution in [3.63, 3.8) is 0 Å². The van der Waals surface area contributed by atoms with Crippen LogP contribution in [0.25, 0.3) is 0 Å². The summed E-state index contributed by atoms with van der Waals surface area (Å²) in [6.07, 6.45) is 1.94. The molecule has 0 aromatic carbocycles. The van der Waals surface area contributed by atoms with Gasteiger partial charge in [-0.3, -0.25) is 9.88 Å². The number of anilines is 1. The molecule has 118 valence electrons. The van der Waals surface area contributed by atoms with E-state index in [0.29, 0.717) is 12.0 Å². The lowest BCUT2D eigenvalue weighted by Gasteiger charge is -2.40. The molecule has 4 heteroatoms. The van der Waals surface area contributed by atoms with Crippen molar-refractivity contribution < 1.29 is 0 Å². The van der Waals surface area contributed by atoms with Crippen molar-refractivity contribution in [3.05, 3.63) is 24.0 Å². The Labute approximate surface area is 129 Å². The van der Waals surface area contributed by atoms with Crippen LogP contribution in [0, 0.1) is 5.92 Å². The van der Waals surface area contributed by atoms with Crippen LogP contribution in [0.1, 0.15) is 33.4 Å². The molecule has 1 aromatic heterocycles. The van der Waals surface area contributed by atoms with Gasteiger partial charge in [-0.05, 0) is 38.1 Å². The molecular weight excluding hydrogens is 260 g/mol. The highest BCUT2D eigenvalue weighted by atomic mass is 15.3. The van der Waals surface area contributed by atoms with Gasteiger partial charge in [0.15, 0.2) is 0 Å². The fraction of sp³-hybridized carbons (Fsp3) is 0.706. The number of nitrogens with one attached hydrogen (secondary N) is 1. The van der Waals surface area contributed by atoms with Gasteiger partial charge >= 0.3 is 0 Å². The van der Waals surface area contributed by atoms with Crippen molar-refractivity contribution in [1.82, 2.24) is 15.2 Å². The van der Waals surface area contributed by atoms with Crippen LogP contribution in [-0.2, 0) is 6.54 Å². The lowest BCUT2D eigenvalue weighted by molar-refractivity contribution is 0.199. The molecule has 0 saturated carbocycles. The van der Waals surface area contributed by atoms with Crippen molar-refractivity contribution in [2.45, 2.75) is 40.3 Å². The molecule has 1 fully saturated rings. The Hall–Kier alpha value is -1.13. The molecule has 4 nitrogen and oxygen atoms in total. The third-order valence-electron chi connectivity index (χ3n) is 4.20. The molecule has 0 bridgehead atoms. The van der Waals surface area contributed by atoms with E-state index in [9.17, 15) is 0 Å². The molecule has 21 heavy (non-hydrogen) atoms. The second-order valence-electron chi connectivity index (χ2n) is 6.45. The van der Waals surface area contributed by atoms with Crippen molar-refractivity contribution >= 4 is 5.69 Å². The molecule has 1 aliphatic heterocycles. The van der Waals surface area contributed by atoms with E-state index in [4.69, 9.17) is 0 Å². The molecule has 1 unspecified atom stereocenters. The van der Waals surface area contributed by atoms with E-state index in [2.05, 4.69) is 59.9 Å². The Morgan fingerprint density at radius 3 is 2.86 bits per heavy atom. The number of hydrogen-bond donors (Lipinski definition) is 1. The molecule has 1 aliphatic rings. The topological polar surface area (TPSA) is 31.4 Å². The fourth-order valence-electron chi connectivity index (χ4n) is 2.95. The monoisotopic (exact) mass is 290 g/mol. The van der Waals surface area contributed by atoms with Crippen LogP contribution in [0.15, 0.2) is 18.3 Å². The Balaban J connectivity index is 1.94. The number of piperazine rings is 1. The zero-order chi connectivity index (χ0) is 15.2. The SMILES string of the molecule is CCN1CCN(c2ccnc(CNCC(C)C)c2)CC1C. The first-order valence-electron chi connectivity index (χ1n) is 8.24. The predicted molar refractivity (Wildman–Crippen MR) is 89.7 cm³/mol. The van der Waals surface area contributed by atoms with Crippen LogP contribution >= 0.6 is 0 Å². The van der Waals surface area contributed by atoms with Crippen LogP contribution < -0.4 is 10.2 Å². The molecule has 2 heterocycles. The maximum atomic E-state index is 4.48. The summed E-state index contributed by atoms with van der Waals surface area (Å²) < 4.78 is 0. The number of nitrogens with zero attached hydrogens (tertiary/aromatic N) is 3. The van der Waals surface area contributed by atoms with Gasteiger partial charge in [-0.2, -0.15) is 0 Å². The molecule has 1 saturated heterocycles. The Morgan fingerprint density at radius 2 is 2.19 bits per heavy atom. The quantitative estimate of drug-likeness (QED) is 0.871. The fourth-order valence-corrected chi connectivity index (χ4v) is 2.95. The van der Waals surface area contributed by atoms with Gasteiger partial charge in [-0.15, -0.1) is 0 Å². The van der Waals surface area contributed by atoms with Gasteiger partial charge < -0.3 is 10.2 Å². The summed E-state index contributed by atoms with van der Waals surface area (Å²) in [5.41, 5.74) is 2.45. The van der Waals surface area contributed by atoms with E-state index in [0.717, 1.165) is 45.0 Å². The summed E-state index contributed by atoms with van der Waals surface area (Å²) in [5.74, 6) is 0.677. The van der Waals surface area contributed by atoms with E-state index in [1.165, 1.54) is 5.69 Å². The van der Waals surface area contributed by atoms with Crippen LogP contribution in [0.5, 0.6) is 0 Å². The molecule has 1 aromatic rings. The number of rotatable bonds is 6. The minimum atomic E-state index is 0.624. The minimum Gasteiger partial charge on any atom is -0.369 e. The second-order valence-corrected chi connectivity index (χ2v) is 6.45. The molecular formula is C17H30N4. The summed E-state index contributed by atoms with van der Waals surface area (Å²) in [7, 11) is 0. The first kappa shape index (κ1) is 16.2. The van der Waals surface area contributed by atoms with Crippen molar-refractivity contribution in [3.8, 4) is 0 Å². The number of pyridine rings is 1. The highest BCUT2D eigenvalue weighted by Crippen LogP contribution is 2.19. The van der Waals surface area contributed by atoms with E-state index in [1.54, 1.807) is 0 Å². The maximum absolute atomic E-state index is 4.48. The Morgan fingerprint density at radius 1 is 1.38 bits per heavy atom. The smallest absolute Gasteiger partial charge is 0.0562 e. The molecule has 2 rings (SSSR count). The number of aromatic nitrogens is 1. The van der Waals surface area contributed by atoms with Crippen molar-refractivity contribution in [1.29, 1.82) is 0 Å².